The Labute approximate surface area is 209 Å². The van der Waals surface area contributed by atoms with Gasteiger partial charge in [-0.15, -0.1) is 0 Å². The fourth-order valence-electron chi connectivity index (χ4n) is 4.36. The molecule has 0 aliphatic carbocycles. The van der Waals surface area contributed by atoms with Crippen molar-refractivity contribution in [1.82, 2.24) is 24.8 Å². The van der Waals surface area contributed by atoms with E-state index in [0.717, 1.165) is 25.9 Å². The standard InChI is InChI=1S/C26H32N6O4/c1-6-7-18-22-20(32(3)25(34)23(18)36-5)15-27-26(30-22)29-19-9-8-16(14-21(19)35-4)24(33)28-17-10-12-31(2)13-11-17/h6-9,14-15,17H,10-13H2,1-5H3,(H,28,33)(H,27,29,30). The minimum absolute atomic E-state index is 0.125. The topological polar surface area (TPSA) is 111 Å². The van der Waals surface area contributed by atoms with Gasteiger partial charge in [0.1, 0.15) is 11.3 Å². The number of likely N-dealkylation sites (tertiary alicyclic amines) is 1. The molecule has 0 unspecified atom stereocenters. The third-order valence-electron chi connectivity index (χ3n) is 6.43. The van der Waals surface area contributed by atoms with E-state index >= 15 is 0 Å². The molecule has 2 aromatic heterocycles. The Morgan fingerprint density at radius 2 is 1.92 bits per heavy atom. The highest BCUT2D eigenvalue weighted by Gasteiger charge is 2.20. The Kier molecular flexibility index (Phi) is 7.54. The number of piperidine rings is 1. The van der Waals surface area contributed by atoms with Gasteiger partial charge in [-0.2, -0.15) is 0 Å². The SMILES string of the molecule is CC=Cc1c(OC)c(=O)n(C)c2cnc(Nc3ccc(C(=O)NC4CCN(C)CC4)cc3OC)nc12. The van der Waals surface area contributed by atoms with Crippen molar-refractivity contribution in [2.24, 2.45) is 7.05 Å². The number of aryl methyl sites for hydroxylation is 1. The maximum Gasteiger partial charge on any atom is 0.293 e. The Balaban J connectivity index is 1.62. The van der Waals surface area contributed by atoms with Gasteiger partial charge < -0.3 is 29.6 Å². The molecule has 2 N–H and O–H groups in total. The van der Waals surface area contributed by atoms with Crippen LogP contribution in [-0.4, -0.2) is 65.7 Å². The first kappa shape index (κ1) is 25.2. The smallest absolute Gasteiger partial charge is 0.293 e. The number of pyridine rings is 1. The number of aromatic nitrogens is 3. The summed E-state index contributed by atoms with van der Waals surface area (Å²) < 4.78 is 12.4. The maximum absolute atomic E-state index is 12.8. The molecule has 0 atom stereocenters. The molecule has 4 rings (SSSR count). The number of ether oxygens (including phenoxy) is 2. The molecule has 36 heavy (non-hydrogen) atoms. The Morgan fingerprint density at radius 3 is 2.58 bits per heavy atom. The molecular formula is C26H32N6O4. The Hall–Kier alpha value is -3.92. The molecule has 0 radical (unpaired) electrons. The summed E-state index contributed by atoms with van der Waals surface area (Å²) in [5.74, 6) is 0.892. The van der Waals surface area contributed by atoms with E-state index < -0.39 is 0 Å². The van der Waals surface area contributed by atoms with Crippen LogP contribution in [0.4, 0.5) is 11.6 Å². The number of amides is 1. The van der Waals surface area contributed by atoms with Crippen LogP contribution in [0.1, 0.15) is 35.7 Å². The second-order valence-electron chi connectivity index (χ2n) is 8.83. The van der Waals surface area contributed by atoms with Gasteiger partial charge in [0, 0.05) is 18.7 Å². The number of nitrogens with zero attached hydrogens (tertiary/aromatic N) is 4. The summed E-state index contributed by atoms with van der Waals surface area (Å²) in [6.45, 7) is 3.80. The van der Waals surface area contributed by atoms with Crippen LogP contribution in [0.3, 0.4) is 0 Å². The van der Waals surface area contributed by atoms with Gasteiger partial charge in [-0.1, -0.05) is 12.2 Å². The molecule has 1 saturated heterocycles. The Bertz CT molecular complexity index is 1360. The van der Waals surface area contributed by atoms with Gasteiger partial charge in [-0.3, -0.25) is 9.59 Å². The zero-order valence-electron chi connectivity index (χ0n) is 21.3. The zero-order valence-corrected chi connectivity index (χ0v) is 21.3. The number of rotatable bonds is 7. The summed E-state index contributed by atoms with van der Waals surface area (Å²) in [4.78, 5) is 36.8. The number of allylic oxidation sites excluding steroid dienone is 1. The molecule has 10 heteroatoms. The molecule has 1 aliphatic rings. The highest BCUT2D eigenvalue weighted by atomic mass is 16.5. The van der Waals surface area contributed by atoms with E-state index in [0.29, 0.717) is 39.5 Å². The minimum Gasteiger partial charge on any atom is -0.495 e. The first-order chi connectivity index (χ1) is 17.4. The van der Waals surface area contributed by atoms with E-state index in [1.54, 1.807) is 44.6 Å². The number of hydrogen-bond acceptors (Lipinski definition) is 8. The van der Waals surface area contributed by atoms with Gasteiger partial charge in [-0.25, -0.2) is 9.97 Å². The molecule has 0 spiro atoms. The van der Waals surface area contributed by atoms with E-state index in [9.17, 15) is 9.59 Å². The van der Waals surface area contributed by atoms with Crippen molar-refractivity contribution in [1.29, 1.82) is 0 Å². The summed E-state index contributed by atoms with van der Waals surface area (Å²) >= 11 is 0. The fourth-order valence-corrected chi connectivity index (χ4v) is 4.36. The normalized spacial score (nSPS) is 14.8. The third-order valence-corrected chi connectivity index (χ3v) is 6.43. The maximum atomic E-state index is 12.8. The van der Waals surface area contributed by atoms with E-state index in [1.807, 2.05) is 13.0 Å². The van der Waals surface area contributed by atoms with Crippen molar-refractivity contribution in [2.45, 2.75) is 25.8 Å². The highest BCUT2D eigenvalue weighted by molar-refractivity contribution is 5.95. The lowest BCUT2D eigenvalue weighted by atomic mass is 10.0. The number of methoxy groups -OCH3 is 2. The van der Waals surface area contributed by atoms with E-state index in [1.165, 1.54) is 11.7 Å². The third kappa shape index (κ3) is 5.03. The molecule has 0 saturated carbocycles. The molecule has 1 amide bonds. The number of hydrogen-bond donors (Lipinski definition) is 2. The van der Waals surface area contributed by atoms with Gasteiger partial charge in [0.25, 0.3) is 11.5 Å². The largest absolute Gasteiger partial charge is 0.495 e. The van der Waals surface area contributed by atoms with Crippen LogP contribution in [0.25, 0.3) is 17.1 Å². The summed E-state index contributed by atoms with van der Waals surface area (Å²) in [6, 6.07) is 5.38. The van der Waals surface area contributed by atoms with Crippen molar-refractivity contribution < 1.29 is 14.3 Å². The number of benzene rings is 1. The monoisotopic (exact) mass is 492 g/mol. The van der Waals surface area contributed by atoms with E-state index in [4.69, 9.17) is 9.47 Å². The second kappa shape index (κ2) is 10.8. The summed E-state index contributed by atoms with van der Waals surface area (Å²) in [5.41, 5.74) is 2.59. The van der Waals surface area contributed by atoms with Crippen LogP contribution in [0.15, 0.2) is 35.3 Å². The lowest BCUT2D eigenvalue weighted by Gasteiger charge is -2.29. The van der Waals surface area contributed by atoms with Crippen LogP contribution in [0, 0.1) is 0 Å². The molecule has 1 aromatic carbocycles. The van der Waals surface area contributed by atoms with Gasteiger partial charge in [-0.05, 0) is 58.1 Å². The van der Waals surface area contributed by atoms with Gasteiger partial charge >= 0.3 is 0 Å². The van der Waals surface area contributed by atoms with Crippen LogP contribution >= 0.6 is 0 Å². The van der Waals surface area contributed by atoms with Crippen molar-refractivity contribution in [2.75, 3.05) is 39.7 Å². The van der Waals surface area contributed by atoms with Crippen LogP contribution in [0.2, 0.25) is 0 Å². The summed E-state index contributed by atoms with van der Waals surface area (Å²) in [6.07, 6.45) is 7.07. The fraction of sp³-hybridized carbons (Fsp3) is 0.385. The highest BCUT2D eigenvalue weighted by Crippen LogP contribution is 2.30. The Morgan fingerprint density at radius 1 is 1.17 bits per heavy atom. The van der Waals surface area contributed by atoms with Gasteiger partial charge in [0.05, 0.1) is 37.2 Å². The van der Waals surface area contributed by atoms with Gasteiger partial charge in [0.15, 0.2) is 5.75 Å². The number of carbonyl (C=O) groups excluding carboxylic acids is 1. The zero-order chi connectivity index (χ0) is 25.8. The quantitative estimate of drug-likeness (QED) is 0.518. The predicted octanol–water partition coefficient (Wildman–Crippen LogP) is 2.95. The van der Waals surface area contributed by atoms with Crippen molar-refractivity contribution in [3.8, 4) is 11.5 Å². The molecule has 3 heterocycles. The van der Waals surface area contributed by atoms with Crippen LogP contribution in [0.5, 0.6) is 11.5 Å². The number of anilines is 2. The minimum atomic E-state index is -0.266. The molecule has 0 bridgehead atoms. The average Bonchev–Trinajstić information content (AvgIpc) is 2.89. The molecule has 3 aromatic rings. The molecule has 190 valence electrons. The van der Waals surface area contributed by atoms with Crippen molar-refractivity contribution >= 4 is 34.7 Å². The number of carbonyl (C=O) groups is 1. The van der Waals surface area contributed by atoms with Crippen molar-refractivity contribution in [3.63, 3.8) is 0 Å². The summed E-state index contributed by atoms with van der Waals surface area (Å²) in [7, 11) is 6.75. The van der Waals surface area contributed by atoms with E-state index in [2.05, 4.69) is 32.5 Å². The number of fused-ring (bicyclic) bond motifs is 1. The summed E-state index contributed by atoms with van der Waals surface area (Å²) in [5, 5.41) is 6.29. The number of nitrogens with one attached hydrogen (secondary N) is 2. The van der Waals surface area contributed by atoms with E-state index in [-0.39, 0.29) is 23.3 Å². The van der Waals surface area contributed by atoms with Crippen molar-refractivity contribution in [3.05, 3.63) is 52.0 Å². The first-order valence-electron chi connectivity index (χ1n) is 11.9. The second-order valence-corrected chi connectivity index (χ2v) is 8.83. The lowest BCUT2D eigenvalue weighted by molar-refractivity contribution is 0.0916. The molecular weight excluding hydrogens is 460 g/mol. The van der Waals surface area contributed by atoms with Crippen LogP contribution < -0.4 is 25.7 Å². The van der Waals surface area contributed by atoms with Gasteiger partial charge in [0.2, 0.25) is 5.95 Å². The average molecular weight is 493 g/mol. The predicted molar refractivity (Wildman–Crippen MR) is 140 cm³/mol. The van der Waals surface area contributed by atoms with Crippen LogP contribution in [-0.2, 0) is 7.05 Å². The first-order valence-corrected chi connectivity index (χ1v) is 11.9. The molecule has 1 fully saturated rings. The lowest BCUT2D eigenvalue weighted by Crippen LogP contribution is -2.43. The molecule has 1 aliphatic heterocycles. The molecule has 10 nitrogen and oxygen atoms in total.